The molecule has 20 heavy (non-hydrogen) atoms. The predicted molar refractivity (Wildman–Crippen MR) is 80.8 cm³/mol. The van der Waals surface area contributed by atoms with Crippen molar-refractivity contribution in [1.29, 1.82) is 0 Å². The van der Waals surface area contributed by atoms with Gasteiger partial charge in [-0.25, -0.2) is 4.79 Å². The Labute approximate surface area is 123 Å². The maximum Gasteiger partial charge on any atom is 0.320 e. The number of rotatable bonds is 1. The molecule has 0 N–H and O–H groups in total. The van der Waals surface area contributed by atoms with Crippen LogP contribution in [-0.2, 0) is 0 Å². The summed E-state index contributed by atoms with van der Waals surface area (Å²) in [6, 6.07) is 1.11. The van der Waals surface area contributed by atoms with Gasteiger partial charge >= 0.3 is 6.03 Å². The second-order valence-corrected chi connectivity index (χ2v) is 6.65. The topological polar surface area (TPSA) is 26.8 Å². The van der Waals surface area contributed by atoms with E-state index in [1.807, 2.05) is 0 Å². The van der Waals surface area contributed by atoms with Crippen molar-refractivity contribution in [2.75, 3.05) is 39.3 Å². The molecule has 4 nitrogen and oxygen atoms in total. The van der Waals surface area contributed by atoms with Crippen LogP contribution in [-0.4, -0.2) is 66.0 Å². The molecular weight excluding hydrogens is 250 g/mol. The van der Waals surface area contributed by atoms with Gasteiger partial charge in [-0.15, -0.1) is 0 Å². The molecule has 114 valence electrons. The Kier molecular flexibility index (Phi) is 4.81. The molecule has 3 rings (SSSR count). The number of nitrogens with zero attached hydrogens (tertiary/aromatic N) is 3. The van der Waals surface area contributed by atoms with Crippen LogP contribution in [0.2, 0.25) is 0 Å². The first-order valence-electron chi connectivity index (χ1n) is 8.62. The molecule has 3 fully saturated rings. The van der Waals surface area contributed by atoms with Gasteiger partial charge in [-0.05, 0) is 25.7 Å². The Morgan fingerprint density at radius 3 is 1.80 bits per heavy atom. The average molecular weight is 279 g/mol. The molecule has 1 saturated carbocycles. The number of urea groups is 1. The highest BCUT2D eigenvalue weighted by atomic mass is 16.2. The van der Waals surface area contributed by atoms with Crippen molar-refractivity contribution in [1.82, 2.24) is 14.7 Å². The summed E-state index contributed by atoms with van der Waals surface area (Å²) in [7, 11) is 0. The van der Waals surface area contributed by atoms with E-state index in [-0.39, 0.29) is 0 Å². The molecule has 3 aliphatic rings. The predicted octanol–water partition coefficient (Wildman–Crippen LogP) is 2.54. The minimum Gasteiger partial charge on any atom is -0.325 e. The fourth-order valence-electron chi connectivity index (χ4n) is 4.01. The van der Waals surface area contributed by atoms with E-state index in [0.29, 0.717) is 6.03 Å². The highest BCUT2D eigenvalue weighted by Crippen LogP contribution is 2.24. The number of hydrogen-bond donors (Lipinski definition) is 0. The van der Waals surface area contributed by atoms with E-state index in [1.165, 1.54) is 51.4 Å². The highest BCUT2D eigenvalue weighted by Gasteiger charge is 2.29. The van der Waals surface area contributed by atoms with Gasteiger partial charge < -0.3 is 9.80 Å². The first kappa shape index (κ1) is 14.2. The second kappa shape index (κ2) is 6.79. The first-order chi connectivity index (χ1) is 9.84. The fraction of sp³-hybridized carbons (Fsp3) is 0.938. The van der Waals surface area contributed by atoms with Crippen molar-refractivity contribution in [3.8, 4) is 0 Å². The summed E-state index contributed by atoms with van der Waals surface area (Å²) < 4.78 is 0. The Hall–Kier alpha value is -0.770. The molecule has 4 heteroatoms. The second-order valence-electron chi connectivity index (χ2n) is 6.65. The number of carbonyl (C=O) groups is 1. The van der Waals surface area contributed by atoms with Crippen LogP contribution in [0.1, 0.15) is 51.4 Å². The summed E-state index contributed by atoms with van der Waals surface area (Å²) in [5.74, 6) is 0. The molecule has 0 unspecified atom stereocenters. The zero-order chi connectivity index (χ0) is 13.8. The summed E-state index contributed by atoms with van der Waals surface area (Å²) in [4.78, 5) is 19.4. The zero-order valence-electron chi connectivity index (χ0n) is 12.7. The van der Waals surface area contributed by atoms with Crippen molar-refractivity contribution < 1.29 is 4.79 Å². The third-order valence-electron chi connectivity index (χ3n) is 5.30. The van der Waals surface area contributed by atoms with E-state index < -0.39 is 0 Å². The molecule has 0 aromatic carbocycles. The van der Waals surface area contributed by atoms with Gasteiger partial charge in [0.25, 0.3) is 0 Å². The van der Waals surface area contributed by atoms with Crippen molar-refractivity contribution in [3.05, 3.63) is 0 Å². The van der Waals surface area contributed by atoms with E-state index in [1.54, 1.807) is 0 Å². The highest BCUT2D eigenvalue weighted by molar-refractivity contribution is 5.74. The van der Waals surface area contributed by atoms with Crippen LogP contribution in [0.3, 0.4) is 0 Å². The summed E-state index contributed by atoms with van der Waals surface area (Å²) >= 11 is 0. The maximum atomic E-state index is 12.6. The Morgan fingerprint density at radius 1 is 0.650 bits per heavy atom. The summed E-state index contributed by atoms with van der Waals surface area (Å²) in [6.45, 7) is 6.00. The summed E-state index contributed by atoms with van der Waals surface area (Å²) in [5.41, 5.74) is 0. The van der Waals surface area contributed by atoms with Crippen molar-refractivity contribution in [2.24, 2.45) is 0 Å². The molecule has 2 saturated heterocycles. The Bertz CT molecular complexity index is 312. The van der Waals surface area contributed by atoms with Crippen LogP contribution in [0.25, 0.3) is 0 Å². The molecule has 0 aromatic rings. The van der Waals surface area contributed by atoms with Gasteiger partial charge in [0.05, 0.1) is 0 Å². The molecule has 0 atom stereocenters. The molecule has 0 spiro atoms. The van der Waals surface area contributed by atoms with Crippen LogP contribution in [0.15, 0.2) is 0 Å². The van der Waals surface area contributed by atoms with Gasteiger partial charge in [0, 0.05) is 45.3 Å². The third kappa shape index (κ3) is 3.27. The molecule has 1 aliphatic carbocycles. The number of likely N-dealkylation sites (tertiary alicyclic amines) is 1. The number of piperazine rings is 1. The lowest BCUT2D eigenvalue weighted by atomic mass is 10.2. The molecule has 2 aliphatic heterocycles. The normalized spacial score (nSPS) is 26.8. The van der Waals surface area contributed by atoms with Crippen molar-refractivity contribution in [2.45, 2.75) is 57.4 Å². The molecule has 0 radical (unpaired) electrons. The van der Waals surface area contributed by atoms with Crippen LogP contribution in [0, 0.1) is 0 Å². The summed E-state index contributed by atoms with van der Waals surface area (Å²) in [6.07, 6.45) is 10.5. The number of hydrogen-bond acceptors (Lipinski definition) is 2. The molecule has 0 aromatic heterocycles. The Balaban J connectivity index is 1.48. The minimum absolute atomic E-state index is 0.304. The molecular formula is C16H29N3O. The Morgan fingerprint density at radius 2 is 1.20 bits per heavy atom. The maximum absolute atomic E-state index is 12.6. The van der Waals surface area contributed by atoms with E-state index in [4.69, 9.17) is 0 Å². The smallest absolute Gasteiger partial charge is 0.320 e. The lowest BCUT2D eigenvalue weighted by molar-refractivity contribution is 0.0925. The van der Waals surface area contributed by atoms with Gasteiger partial charge in [0.2, 0.25) is 0 Å². The van der Waals surface area contributed by atoms with Gasteiger partial charge in [0.1, 0.15) is 0 Å². The van der Waals surface area contributed by atoms with Crippen molar-refractivity contribution >= 4 is 6.03 Å². The van der Waals surface area contributed by atoms with E-state index in [9.17, 15) is 4.79 Å². The quantitative estimate of drug-likeness (QED) is 0.737. The number of carbonyl (C=O) groups excluding carboxylic acids is 1. The molecule has 0 bridgehead atoms. The van der Waals surface area contributed by atoms with Crippen LogP contribution >= 0.6 is 0 Å². The number of amides is 2. The summed E-state index contributed by atoms with van der Waals surface area (Å²) in [5, 5.41) is 0. The van der Waals surface area contributed by atoms with Crippen LogP contribution < -0.4 is 0 Å². The zero-order valence-corrected chi connectivity index (χ0v) is 12.7. The van der Waals surface area contributed by atoms with E-state index in [0.717, 1.165) is 45.3 Å². The monoisotopic (exact) mass is 279 g/mol. The fourth-order valence-corrected chi connectivity index (χ4v) is 4.01. The first-order valence-corrected chi connectivity index (χ1v) is 8.62. The minimum atomic E-state index is 0.304. The SMILES string of the molecule is O=C(N1CCCCCC1)N1CCN(C2CCCC2)CC1. The van der Waals surface area contributed by atoms with Crippen LogP contribution in [0.4, 0.5) is 4.79 Å². The van der Waals surface area contributed by atoms with E-state index >= 15 is 0 Å². The largest absolute Gasteiger partial charge is 0.325 e. The molecule has 2 amide bonds. The van der Waals surface area contributed by atoms with Gasteiger partial charge in [0.15, 0.2) is 0 Å². The lowest BCUT2D eigenvalue weighted by Gasteiger charge is -2.39. The van der Waals surface area contributed by atoms with E-state index in [2.05, 4.69) is 14.7 Å². The van der Waals surface area contributed by atoms with Gasteiger partial charge in [-0.2, -0.15) is 0 Å². The third-order valence-corrected chi connectivity index (χ3v) is 5.30. The van der Waals surface area contributed by atoms with Gasteiger partial charge in [-0.1, -0.05) is 25.7 Å². The van der Waals surface area contributed by atoms with Crippen LogP contribution in [0.5, 0.6) is 0 Å². The molecule has 2 heterocycles. The average Bonchev–Trinajstić information content (AvgIpc) is 2.89. The van der Waals surface area contributed by atoms with Gasteiger partial charge in [-0.3, -0.25) is 4.90 Å². The lowest BCUT2D eigenvalue weighted by Crippen LogP contribution is -2.54. The van der Waals surface area contributed by atoms with Crippen molar-refractivity contribution in [3.63, 3.8) is 0 Å². The standard InChI is InChI=1S/C16H29N3O/c20-16(18-9-5-1-2-6-10-18)19-13-11-17(12-14-19)15-7-3-4-8-15/h15H,1-14H2.